The minimum absolute atomic E-state index is 0.00740. The predicted molar refractivity (Wildman–Crippen MR) is 195 cm³/mol. The molecule has 0 aliphatic carbocycles. The van der Waals surface area contributed by atoms with Crippen molar-refractivity contribution in [3.05, 3.63) is 105 Å². The van der Waals surface area contributed by atoms with Gasteiger partial charge in [0.2, 0.25) is 11.8 Å². The second kappa shape index (κ2) is 14.0. The minimum Gasteiger partial charge on any atom is -0.508 e. The normalized spacial score (nSPS) is 21.2. The quantitative estimate of drug-likeness (QED) is 0.155. The van der Waals surface area contributed by atoms with Crippen LogP contribution in [0.1, 0.15) is 62.4 Å². The van der Waals surface area contributed by atoms with Crippen LogP contribution in [0.2, 0.25) is 0 Å². The molecule has 2 fully saturated rings. The SMILES string of the molecule is O=C1CCC(N2Cc3cc(CN4CCN(c5ccc6c(c5)C(=O)N(C(C(=O)Nc5nccs5)c5cc(F)ccc5O)C6)CC4)ccc3C2S)C(=O)N1. The van der Waals surface area contributed by atoms with Gasteiger partial charge >= 0.3 is 0 Å². The zero-order valence-electron chi connectivity index (χ0n) is 28.0. The van der Waals surface area contributed by atoms with Crippen molar-refractivity contribution in [3.63, 3.8) is 0 Å². The first-order valence-electron chi connectivity index (χ1n) is 17.1. The summed E-state index contributed by atoms with van der Waals surface area (Å²) in [4.78, 5) is 63.9. The number of benzene rings is 3. The molecular weight excluding hydrogens is 706 g/mol. The Labute approximate surface area is 308 Å². The zero-order valence-corrected chi connectivity index (χ0v) is 29.7. The molecule has 2 saturated heterocycles. The van der Waals surface area contributed by atoms with Gasteiger partial charge < -0.3 is 14.9 Å². The van der Waals surface area contributed by atoms with Crippen LogP contribution < -0.4 is 15.5 Å². The number of anilines is 2. The summed E-state index contributed by atoms with van der Waals surface area (Å²) in [5, 5.41) is 17.7. The molecule has 3 atom stereocenters. The molecule has 3 aromatic carbocycles. The molecular formula is C37H36FN7O5S2. The van der Waals surface area contributed by atoms with Crippen LogP contribution in [-0.2, 0) is 34.0 Å². The number of piperazine rings is 1. The number of fused-ring (bicyclic) bond motifs is 2. The Morgan fingerprint density at radius 2 is 1.87 bits per heavy atom. The second-order valence-corrected chi connectivity index (χ2v) is 14.9. The van der Waals surface area contributed by atoms with Crippen molar-refractivity contribution < 1.29 is 28.7 Å². The molecule has 4 aliphatic heterocycles. The van der Waals surface area contributed by atoms with Crippen LogP contribution in [0.15, 0.2) is 66.2 Å². The molecule has 3 N–H and O–H groups in total. The summed E-state index contributed by atoms with van der Waals surface area (Å²) in [5.74, 6) is -2.39. The number of amides is 4. The topological polar surface area (TPSA) is 138 Å². The summed E-state index contributed by atoms with van der Waals surface area (Å²) < 4.78 is 14.4. The number of piperidine rings is 1. The summed E-state index contributed by atoms with van der Waals surface area (Å²) in [6, 6.07) is 13.8. The standard InChI is InChI=1S/C37H36FN7O5S2/c38-24-3-7-30(46)28(16-24)32(34(49)41-37-39-9-14-52-37)45-19-22-2-4-25(17-27(22)35(45)50)43-12-10-42(11-13-43)18-21-1-5-26-23(15-21)20-44(36(26)51)29-6-8-31(47)40-33(29)48/h1-5,7,9,14-17,29,32,36,46,51H,6,8,10-13,18-20H2,(H,39,41,49)(H,40,47,48). The van der Waals surface area contributed by atoms with Crippen molar-refractivity contribution in [1.82, 2.24) is 25.0 Å². The Kier molecular flexibility index (Phi) is 9.19. The van der Waals surface area contributed by atoms with Gasteiger partial charge in [-0.05, 0) is 59.0 Å². The van der Waals surface area contributed by atoms with E-state index in [0.717, 1.165) is 67.2 Å². The summed E-state index contributed by atoms with van der Waals surface area (Å²) in [7, 11) is 0. The van der Waals surface area contributed by atoms with Gasteiger partial charge in [0.25, 0.3) is 11.8 Å². The maximum atomic E-state index is 14.4. The number of phenolic OH excluding ortho intramolecular Hbond substituents is 1. The number of imide groups is 1. The number of carbonyl (C=O) groups excluding carboxylic acids is 4. The van der Waals surface area contributed by atoms with E-state index in [1.165, 1.54) is 34.1 Å². The molecule has 268 valence electrons. The van der Waals surface area contributed by atoms with E-state index in [4.69, 9.17) is 12.6 Å². The fraction of sp³-hybridized carbons (Fsp3) is 0.324. The van der Waals surface area contributed by atoms with Crippen LogP contribution in [0.4, 0.5) is 15.2 Å². The lowest BCUT2D eigenvalue weighted by Crippen LogP contribution is -2.51. The average Bonchev–Trinajstić information content (AvgIpc) is 3.84. The van der Waals surface area contributed by atoms with Gasteiger partial charge in [-0.25, -0.2) is 9.37 Å². The molecule has 4 amide bonds. The number of aromatic hydroxyl groups is 1. The smallest absolute Gasteiger partial charge is 0.255 e. The maximum Gasteiger partial charge on any atom is 0.255 e. The number of rotatable bonds is 8. The zero-order chi connectivity index (χ0) is 36.1. The maximum absolute atomic E-state index is 14.4. The molecule has 52 heavy (non-hydrogen) atoms. The van der Waals surface area contributed by atoms with Crippen LogP contribution >= 0.6 is 24.0 Å². The van der Waals surface area contributed by atoms with Gasteiger partial charge in [0.05, 0.1) is 11.4 Å². The lowest BCUT2D eigenvalue weighted by atomic mass is 10.0. The molecule has 4 aliphatic rings. The molecule has 1 aromatic heterocycles. The van der Waals surface area contributed by atoms with Crippen molar-refractivity contribution in [3.8, 4) is 5.75 Å². The third kappa shape index (κ3) is 6.53. The molecule has 5 heterocycles. The van der Waals surface area contributed by atoms with Crippen LogP contribution in [0, 0.1) is 5.82 Å². The molecule has 12 nitrogen and oxygen atoms in total. The fourth-order valence-electron chi connectivity index (χ4n) is 7.68. The van der Waals surface area contributed by atoms with E-state index in [-0.39, 0.29) is 47.0 Å². The van der Waals surface area contributed by atoms with Crippen molar-refractivity contribution >= 4 is 58.4 Å². The van der Waals surface area contributed by atoms with Crippen molar-refractivity contribution in [2.24, 2.45) is 0 Å². The molecule has 4 aromatic rings. The predicted octanol–water partition coefficient (Wildman–Crippen LogP) is 4.20. The van der Waals surface area contributed by atoms with E-state index in [0.29, 0.717) is 30.1 Å². The summed E-state index contributed by atoms with van der Waals surface area (Å²) in [6.07, 6.45) is 2.36. The summed E-state index contributed by atoms with van der Waals surface area (Å²) >= 11 is 6.03. The first-order chi connectivity index (χ1) is 25.1. The molecule has 3 unspecified atom stereocenters. The number of hydrogen-bond donors (Lipinski definition) is 4. The highest BCUT2D eigenvalue weighted by Gasteiger charge is 2.41. The minimum atomic E-state index is -1.29. The number of nitrogens with one attached hydrogen (secondary N) is 2. The van der Waals surface area contributed by atoms with Crippen LogP contribution in [0.5, 0.6) is 5.75 Å². The molecule has 15 heteroatoms. The summed E-state index contributed by atoms with van der Waals surface area (Å²) in [6.45, 7) is 4.61. The van der Waals surface area contributed by atoms with Gasteiger partial charge in [-0.3, -0.25) is 39.6 Å². The van der Waals surface area contributed by atoms with E-state index in [1.807, 2.05) is 18.2 Å². The molecule has 0 saturated carbocycles. The number of carbonyl (C=O) groups is 4. The van der Waals surface area contributed by atoms with Crippen molar-refractivity contribution in [2.75, 3.05) is 36.4 Å². The Hall–Kier alpha value is -4.83. The third-order valence-corrected chi connectivity index (χ3v) is 11.6. The van der Waals surface area contributed by atoms with E-state index in [2.05, 4.69) is 48.5 Å². The number of thiol groups is 1. The Morgan fingerprint density at radius 1 is 1.04 bits per heavy atom. The Bertz CT molecular complexity index is 2070. The van der Waals surface area contributed by atoms with E-state index < -0.39 is 17.8 Å². The highest BCUT2D eigenvalue weighted by Crippen LogP contribution is 2.40. The van der Waals surface area contributed by atoms with Gasteiger partial charge in [-0.1, -0.05) is 24.3 Å². The fourth-order valence-corrected chi connectivity index (χ4v) is 8.71. The average molecular weight is 742 g/mol. The van der Waals surface area contributed by atoms with Crippen molar-refractivity contribution in [2.45, 2.75) is 49.9 Å². The van der Waals surface area contributed by atoms with Crippen LogP contribution in [-0.4, -0.2) is 80.6 Å². The van der Waals surface area contributed by atoms with Crippen molar-refractivity contribution in [1.29, 1.82) is 0 Å². The van der Waals surface area contributed by atoms with Gasteiger partial charge in [0, 0.05) is 80.6 Å². The van der Waals surface area contributed by atoms with Crippen LogP contribution in [0.25, 0.3) is 0 Å². The first kappa shape index (κ1) is 34.3. The lowest BCUT2D eigenvalue weighted by Gasteiger charge is -2.36. The highest BCUT2D eigenvalue weighted by atomic mass is 32.1. The largest absolute Gasteiger partial charge is 0.508 e. The molecule has 0 spiro atoms. The Balaban J connectivity index is 0.923. The number of nitrogens with zero attached hydrogens (tertiary/aromatic N) is 5. The molecule has 8 rings (SSSR count). The summed E-state index contributed by atoms with van der Waals surface area (Å²) in [5.41, 5.74) is 5.52. The number of thiazole rings is 1. The lowest BCUT2D eigenvalue weighted by molar-refractivity contribution is -0.137. The van der Waals surface area contributed by atoms with Gasteiger partial charge in [0.1, 0.15) is 17.6 Å². The third-order valence-electron chi connectivity index (χ3n) is 10.3. The molecule has 0 radical (unpaired) electrons. The van der Waals surface area contributed by atoms with E-state index in [9.17, 15) is 28.7 Å². The van der Waals surface area contributed by atoms with Gasteiger partial charge in [-0.2, -0.15) is 12.6 Å². The van der Waals surface area contributed by atoms with E-state index >= 15 is 0 Å². The number of hydrogen-bond acceptors (Lipinski definition) is 11. The van der Waals surface area contributed by atoms with Gasteiger partial charge in [-0.15, -0.1) is 11.3 Å². The number of phenols is 1. The highest BCUT2D eigenvalue weighted by molar-refractivity contribution is 7.80. The first-order valence-corrected chi connectivity index (χ1v) is 18.5. The van der Waals surface area contributed by atoms with Crippen LogP contribution in [0.3, 0.4) is 0 Å². The van der Waals surface area contributed by atoms with E-state index in [1.54, 1.807) is 5.38 Å². The monoisotopic (exact) mass is 741 g/mol. The Morgan fingerprint density at radius 3 is 2.63 bits per heavy atom. The number of halogens is 1. The molecule has 0 bridgehead atoms. The number of aromatic nitrogens is 1. The second-order valence-electron chi connectivity index (χ2n) is 13.5. The van der Waals surface area contributed by atoms with Gasteiger partial charge in [0.15, 0.2) is 5.13 Å².